The van der Waals surface area contributed by atoms with E-state index in [4.69, 9.17) is 4.74 Å². The number of methoxy groups -OCH3 is 1. The zero-order chi connectivity index (χ0) is 19.1. The molecule has 1 aromatic carbocycles. The number of hydrogen-bond acceptors (Lipinski definition) is 4. The summed E-state index contributed by atoms with van der Waals surface area (Å²) in [5, 5.41) is 11.4. The van der Waals surface area contributed by atoms with Gasteiger partial charge in [-0.15, -0.1) is 0 Å². The van der Waals surface area contributed by atoms with Gasteiger partial charge in [0, 0.05) is 41.7 Å². The smallest absolute Gasteiger partial charge is 0.290 e. The Kier molecular flexibility index (Phi) is 4.63. The first-order chi connectivity index (χ1) is 12.3. The highest BCUT2D eigenvalue weighted by Crippen LogP contribution is 2.42. The first-order valence-corrected chi connectivity index (χ1v) is 8.61. The Morgan fingerprint density at radius 1 is 1.31 bits per heavy atom. The normalized spacial score (nSPS) is 18.2. The molecule has 2 N–H and O–H groups in total. The molecule has 0 spiro atoms. The zero-order valence-corrected chi connectivity index (χ0v) is 15.5. The summed E-state index contributed by atoms with van der Waals surface area (Å²) in [5.41, 5.74) is 1.14. The fraction of sp³-hybridized carbons (Fsp3) is 0.400. The van der Waals surface area contributed by atoms with Gasteiger partial charge >= 0.3 is 0 Å². The molecule has 1 aliphatic heterocycles. The van der Waals surface area contributed by atoms with E-state index in [-0.39, 0.29) is 17.9 Å². The number of aliphatic hydroxyl groups is 1. The van der Waals surface area contributed by atoms with Gasteiger partial charge in [0.2, 0.25) is 0 Å². The SMILES string of the molecule is COCCN1C(=O)C(O)=C(C(=O)C(C)(C)C)C1c1c[nH]c2ccccc12. The first-order valence-electron chi connectivity index (χ1n) is 8.61. The molecule has 1 amide bonds. The molecule has 6 heteroatoms. The number of ether oxygens (including phenoxy) is 1. The summed E-state index contributed by atoms with van der Waals surface area (Å²) in [6.07, 6.45) is 1.80. The largest absolute Gasteiger partial charge is 0.503 e. The van der Waals surface area contributed by atoms with Crippen LogP contribution in [0.1, 0.15) is 32.4 Å². The number of fused-ring (bicyclic) bond motifs is 1. The number of aromatic nitrogens is 1. The summed E-state index contributed by atoms with van der Waals surface area (Å²) < 4.78 is 5.12. The maximum atomic E-state index is 13.0. The Morgan fingerprint density at radius 2 is 2.00 bits per heavy atom. The van der Waals surface area contributed by atoms with Gasteiger partial charge in [0.15, 0.2) is 11.5 Å². The second-order valence-corrected chi connectivity index (χ2v) is 7.52. The van der Waals surface area contributed by atoms with Crippen LogP contribution in [0.2, 0.25) is 0 Å². The summed E-state index contributed by atoms with van der Waals surface area (Å²) in [4.78, 5) is 30.4. The van der Waals surface area contributed by atoms with Crippen LogP contribution in [0.5, 0.6) is 0 Å². The van der Waals surface area contributed by atoms with Crippen LogP contribution in [0.15, 0.2) is 41.8 Å². The molecule has 0 radical (unpaired) electrons. The minimum atomic E-state index is -0.717. The maximum Gasteiger partial charge on any atom is 0.290 e. The average Bonchev–Trinajstić information content (AvgIpc) is 3.12. The highest BCUT2D eigenvalue weighted by Gasteiger charge is 2.46. The minimum absolute atomic E-state index is 0.156. The number of Topliss-reactive ketones (excluding diaryl/α,β-unsaturated/α-hetero) is 1. The quantitative estimate of drug-likeness (QED) is 0.862. The number of nitrogens with one attached hydrogen (secondary N) is 1. The molecule has 0 aliphatic carbocycles. The van der Waals surface area contributed by atoms with E-state index in [1.807, 2.05) is 24.3 Å². The number of H-pyrrole nitrogens is 1. The van der Waals surface area contributed by atoms with E-state index in [0.29, 0.717) is 6.61 Å². The van der Waals surface area contributed by atoms with Crippen LogP contribution in [0, 0.1) is 5.41 Å². The number of ketones is 1. The lowest BCUT2D eigenvalue weighted by atomic mass is 9.82. The molecule has 0 bridgehead atoms. The van der Waals surface area contributed by atoms with Crippen LogP contribution in [0.25, 0.3) is 10.9 Å². The monoisotopic (exact) mass is 356 g/mol. The summed E-state index contributed by atoms with van der Waals surface area (Å²) in [7, 11) is 1.55. The molecule has 0 saturated heterocycles. The Morgan fingerprint density at radius 3 is 2.65 bits per heavy atom. The van der Waals surface area contributed by atoms with Crippen LogP contribution in [-0.2, 0) is 14.3 Å². The summed E-state index contributed by atoms with van der Waals surface area (Å²) >= 11 is 0. The zero-order valence-electron chi connectivity index (χ0n) is 15.5. The summed E-state index contributed by atoms with van der Waals surface area (Å²) in [5.74, 6) is -1.24. The van der Waals surface area contributed by atoms with Crippen LogP contribution in [0.4, 0.5) is 0 Å². The molecule has 1 unspecified atom stereocenters. The Labute approximate surface area is 152 Å². The Balaban J connectivity index is 2.17. The third-order valence-corrected chi connectivity index (χ3v) is 4.68. The van der Waals surface area contributed by atoms with E-state index in [2.05, 4.69) is 4.98 Å². The Bertz CT molecular complexity index is 889. The lowest BCUT2D eigenvalue weighted by Gasteiger charge is -2.28. The number of carbonyl (C=O) groups is 2. The van der Waals surface area contributed by atoms with Gasteiger partial charge in [0.1, 0.15) is 0 Å². The molecular formula is C20H24N2O4. The first kappa shape index (κ1) is 18.2. The van der Waals surface area contributed by atoms with E-state index < -0.39 is 23.1 Å². The number of aromatic amines is 1. The van der Waals surface area contributed by atoms with Crippen molar-refractivity contribution in [2.24, 2.45) is 5.41 Å². The molecule has 0 fully saturated rings. The molecule has 138 valence electrons. The molecular weight excluding hydrogens is 332 g/mol. The van der Waals surface area contributed by atoms with Crippen molar-refractivity contribution in [3.63, 3.8) is 0 Å². The average molecular weight is 356 g/mol. The van der Waals surface area contributed by atoms with Gasteiger partial charge in [0.05, 0.1) is 18.2 Å². The third-order valence-electron chi connectivity index (χ3n) is 4.68. The van der Waals surface area contributed by atoms with Crippen LogP contribution in [0.3, 0.4) is 0 Å². The number of nitrogens with zero attached hydrogens (tertiary/aromatic N) is 1. The lowest BCUT2D eigenvalue weighted by molar-refractivity contribution is -0.130. The molecule has 1 aromatic heterocycles. The predicted molar refractivity (Wildman–Crippen MR) is 98.7 cm³/mol. The van der Waals surface area contributed by atoms with Gasteiger partial charge in [-0.25, -0.2) is 0 Å². The van der Waals surface area contributed by atoms with Crippen molar-refractivity contribution in [2.75, 3.05) is 20.3 Å². The number of aliphatic hydroxyl groups excluding tert-OH is 1. The molecule has 6 nitrogen and oxygen atoms in total. The van der Waals surface area contributed by atoms with Crippen LogP contribution < -0.4 is 0 Å². The summed E-state index contributed by atoms with van der Waals surface area (Å²) in [6, 6.07) is 7.06. The van der Waals surface area contributed by atoms with Crippen LogP contribution in [-0.4, -0.2) is 46.9 Å². The second kappa shape index (κ2) is 6.61. The number of rotatable bonds is 5. The highest BCUT2D eigenvalue weighted by atomic mass is 16.5. The van der Waals surface area contributed by atoms with E-state index in [0.717, 1.165) is 16.5 Å². The van der Waals surface area contributed by atoms with Crippen molar-refractivity contribution in [3.8, 4) is 0 Å². The van der Waals surface area contributed by atoms with Crippen molar-refractivity contribution in [2.45, 2.75) is 26.8 Å². The molecule has 2 heterocycles. The van der Waals surface area contributed by atoms with Gasteiger partial charge in [-0.1, -0.05) is 39.0 Å². The van der Waals surface area contributed by atoms with E-state index in [1.165, 1.54) is 4.90 Å². The second-order valence-electron chi connectivity index (χ2n) is 7.52. The number of amides is 1. The molecule has 1 aliphatic rings. The van der Waals surface area contributed by atoms with E-state index in [9.17, 15) is 14.7 Å². The molecule has 26 heavy (non-hydrogen) atoms. The van der Waals surface area contributed by atoms with Gasteiger partial charge in [-0.3, -0.25) is 9.59 Å². The van der Waals surface area contributed by atoms with Crippen molar-refractivity contribution in [1.29, 1.82) is 0 Å². The lowest BCUT2D eigenvalue weighted by Crippen LogP contribution is -2.35. The number of para-hydroxylation sites is 1. The van der Waals surface area contributed by atoms with Gasteiger partial charge < -0.3 is 19.7 Å². The van der Waals surface area contributed by atoms with Gasteiger partial charge in [-0.2, -0.15) is 0 Å². The molecule has 3 rings (SSSR count). The van der Waals surface area contributed by atoms with E-state index in [1.54, 1.807) is 34.1 Å². The molecule has 2 aromatic rings. The predicted octanol–water partition coefficient (Wildman–Crippen LogP) is 3.12. The number of benzene rings is 1. The van der Waals surface area contributed by atoms with Crippen LogP contribution >= 0.6 is 0 Å². The maximum absolute atomic E-state index is 13.0. The van der Waals surface area contributed by atoms with Gasteiger partial charge in [0.25, 0.3) is 5.91 Å². The summed E-state index contributed by atoms with van der Waals surface area (Å²) in [6.45, 7) is 5.94. The Hall–Kier alpha value is -2.60. The number of carbonyl (C=O) groups excluding carboxylic acids is 2. The highest BCUT2D eigenvalue weighted by molar-refractivity contribution is 6.11. The van der Waals surface area contributed by atoms with Crippen molar-refractivity contribution in [1.82, 2.24) is 9.88 Å². The number of hydrogen-bond donors (Lipinski definition) is 2. The molecule has 1 atom stereocenters. The topological polar surface area (TPSA) is 82.6 Å². The standard InChI is InChI=1S/C20H24N2O4/c1-20(2,3)18(24)15-16(22(9-10-26-4)19(25)17(15)23)13-11-21-14-8-6-5-7-12(13)14/h5-8,11,16,21,23H,9-10H2,1-4H3. The minimum Gasteiger partial charge on any atom is -0.503 e. The van der Waals surface area contributed by atoms with Crippen molar-refractivity contribution < 1.29 is 19.4 Å². The van der Waals surface area contributed by atoms with Crippen molar-refractivity contribution in [3.05, 3.63) is 47.4 Å². The molecule has 0 saturated carbocycles. The van der Waals surface area contributed by atoms with Gasteiger partial charge in [-0.05, 0) is 6.07 Å². The third kappa shape index (κ3) is 2.90. The fourth-order valence-corrected chi connectivity index (χ4v) is 3.35. The fourth-order valence-electron chi connectivity index (χ4n) is 3.35. The van der Waals surface area contributed by atoms with Crippen molar-refractivity contribution >= 4 is 22.6 Å². The van der Waals surface area contributed by atoms with E-state index >= 15 is 0 Å².